The van der Waals surface area contributed by atoms with Crippen LogP contribution in [0.1, 0.15) is 0 Å². The fourth-order valence-electron chi connectivity index (χ4n) is 0.963. The summed E-state index contributed by atoms with van der Waals surface area (Å²) in [6.07, 6.45) is 4.23. The Hall–Kier alpha value is -2.31. The molecule has 7 heteroatoms. The van der Waals surface area contributed by atoms with Gasteiger partial charge in [-0.15, -0.1) is 0 Å². The summed E-state index contributed by atoms with van der Waals surface area (Å²) < 4.78 is 1.47. The van der Waals surface area contributed by atoms with Crippen LogP contribution in [0, 0.1) is 10.1 Å². The SMILES string of the molecule is O=[N+]([O-])c1ccc(-n2cncn2)cn1. The molecule has 0 aromatic carbocycles. The molecular weight excluding hydrogens is 186 g/mol. The lowest BCUT2D eigenvalue weighted by atomic mass is 10.4. The van der Waals surface area contributed by atoms with Crippen molar-refractivity contribution in [2.75, 3.05) is 0 Å². The summed E-state index contributed by atoms with van der Waals surface area (Å²) in [6.45, 7) is 0. The van der Waals surface area contributed by atoms with E-state index in [1.54, 1.807) is 6.07 Å². The number of hydrogen-bond donors (Lipinski definition) is 0. The molecule has 0 bridgehead atoms. The Kier molecular flexibility index (Phi) is 1.90. The van der Waals surface area contributed by atoms with Crippen LogP contribution < -0.4 is 0 Å². The van der Waals surface area contributed by atoms with E-state index < -0.39 is 4.92 Å². The highest BCUT2D eigenvalue weighted by molar-refractivity contribution is 5.32. The van der Waals surface area contributed by atoms with Crippen LogP contribution in [0.2, 0.25) is 0 Å². The molecule has 7 nitrogen and oxygen atoms in total. The molecular formula is C7H5N5O2. The molecule has 0 spiro atoms. The van der Waals surface area contributed by atoms with Gasteiger partial charge in [-0.05, 0) is 16.0 Å². The molecule has 0 amide bonds. The van der Waals surface area contributed by atoms with E-state index in [2.05, 4.69) is 15.1 Å². The molecule has 0 N–H and O–H groups in total. The number of rotatable bonds is 2. The number of aromatic nitrogens is 4. The second-order valence-corrected chi connectivity index (χ2v) is 2.47. The predicted molar refractivity (Wildman–Crippen MR) is 45.8 cm³/mol. The fourth-order valence-corrected chi connectivity index (χ4v) is 0.963. The topological polar surface area (TPSA) is 86.7 Å². The summed E-state index contributed by atoms with van der Waals surface area (Å²) >= 11 is 0. The van der Waals surface area contributed by atoms with E-state index in [0.717, 1.165) is 0 Å². The van der Waals surface area contributed by atoms with Gasteiger partial charge in [0.25, 0.3) is 0 Å². The lowest BCUT2D eigenvalue weighted by Gasteiger charge is -1.96. The highest BCUT2D eigenvalue weighted by atomic mass is 16.6. The molecule has 2 rings (SSSR count). The third-order valence-corrected chi connectivity index (χ3v) is 1.60. The van der Waals surface area contributed by atoms with Crippen LogP contribution in [0.3, 0.4) is 0 Å². The lowest BCUT2D eigenvalue weighted by Crippen LogP contribution is -1.97. The van der Waals surface area contributed by atoms with Crippen LogP contribution in [0.25, 0.3) is 5.69 Å². The molecule has 0 saturated carbocycles. The van der Waals surface area contributed by atoms with E-state index in [1.807, 2.05) is 0 Å². The average molecular weight is 191 g/mol. The number of nitrogens with zero attached hydrogens (tertiary/aromatic N) is 5. The van der Waals surface area contributed by atoms with Crippen molar-refractivity contribution in [2.24, 2.45) is 0 Å². The number of pyridine rings is 1. The third kappa shape index (κ3) is 1.42. The first kappa shape index (κ1) is 8.30. The minimum atomic E-state index is -0.550. The molecule has 70 valence electrons. The van der Waals surface area contributed by atoms with Crippen molar-refractivity contribution in [3.63, 3.8) is 0 Å². The van der Waals surface area contributed by atoms with E-state index in [1.165, 1.54) is 29.6 Å². The van der Waals surface area contributed by atoms with Crippen LogP contribution in [0.4, 0.5) is 5.82 Å². The molecule has 0 saturated heterocycles. The second-order valence-electron chi connectivity index (χ2n) is 2.47. The highest BCUT2D eigenvalue weighted by Crippen LogP contribution is 2.09. The van der Waals surface area contributed by atoms with Crippen molar-refractivity contribution in [1.29, 1.82) is 0 Å². The van der Waals surface area contributed by atoms with Gasteiger partial charge in [0.05, 0.1) is 0 Å². The van der Waals surface area contributed by atoms with Crippen molar-refractivity contribution >= 4 is 5.82 Å². The normalized spacial score (nSPS) is 10.0. The van der Waals surface area contributed by atoms with Crippen LogP contribution >= 0.6 is 0 Å². The van der Waals surface area contributed by atoms with Gasteiger partial charge in [-0.3, -0.25) is 0 Å². The fraction of sp³-hybridized carbons (Fsp3) is 0. The summed E-state index contributed by atoms with van der Waals surface area (Å²) in [5.41, 5.74) is 0.633. The largest absolute Gasteiger partial charge is 0.363 e. The van der Waals surface area contributed by atoms with E-state index in [-0.39, 0.29) is 5.82 Å². The Morgan fingerprint density at radius 3 is 2.79 bits per heavy atom. The minimum Gasteiger partial charge on any atom is -0.358 e. The maximum Gasteiger partial charge on any atom is 0.363 e. The summed E-state index contributed by atoms with van der Waals surface area (Å²) in [4.78, 5) is 17.1. The Morgan fingerprint density at radius 1 is 1.43 bits per heavy atom. The summed E-state index contributed by atoms with van der Waals surface area (Å²) in [5, 5.41) is 14.2. The molecule has 0 unspecified atom stereocenters. The summed E-state index contributed by atoms with van der Waals surface area (Å²) in [5.74, 6) is -0.186. The van der Waals surface area contributed by atoms with Crippen LogP contribution in [0.5, 0.6) is 0 Å². The van der Waals surface area contributed by atoms with Crippen molar-refractivity contribution in [2.45, 2.75) is 0 Å². The zero-order chi connectivity index (χ0) is 9.97. The van der Waals surface area contributed by atoms with Gasteiger partial charge in [0.2, 0.25) is 0 Å². The van der Waals surface area contributed by atoms with Gasteiger partial charge in [-0.25, -0.2) is 9.67 Å². The summed E-state index contributed by atoms with van der Waals surface area (Å²) in [7, 11) is 0. The Labute approximate surface area is 78.2 Å². The first-order chi connectivity index (χ1) is 6.77. The Morgan fingerprint density at radius 2 is 2.29 bits per heavy atom. The molecule has 0 aliphatic carbocycles. The van der Waals surface area contributed by atoms with E-state index in [0.29, 0.717) is 5.69 Å². The summed E-state index contributed by atoms with van der Waals surface area (Å²) in [6, 6.07) is 2.87. The first-order valence-corrected chi connectivity index (χ1v) is 3.73. The lowest BCUT2D eigenvalue weighted by molar-refractivity contribution is -0.389. The molecule has 0 radical (unpaired) electrons. The molecule has 2 aromatic rings. The zero-order valence-corrected chi connectivity index (χ0v) is 6.94. The van der Waals surface area contributed by atoms with Gasteiger partial charge in [0, 0.05) is 6.07 Å². The quantitative estimate of drug-likeness (QED) is 0.511. The van der Waals surface area contributed by atoms with Crippen molar-refractivity contribution < 1.29 is 4.92 Å². The molecule has 0 atom stereocenters. The van der Waals surface area contributed by atoms with Crippen molar-refractivity contribution in [1.82, 2.24) is 19.7 Å². The smallest absolute Gasteiger partial charge is 0.358 e. The molecule has 14 heavy (non-hydrogen) atoms. The molecule has 0 aliphatic rings. The van der Waals surface area contributed by atoms with Gasteiger partial charge in [0.1, 0.15) is 18.3 Å². The number of hydrogen-bond acceptors (Lipinski definition) is 5. The van der Waals surface area contributed by atoms with Gasteiger partial charge < -0.3 is 10.1 Å². The zero-order valence-electron chi connectivity index (χ0n) is 6.94. The van der Waals surface area contributed by atoms with Gasteiger partial charge in [0.15, 0.2) is 6.20 Å². The van der Waals surface area contributed by atoms with E-state index in [9.17, 15) is 10.1 Å². The van der Waals surface area contributed by atoms with E-state index in [4.69, 9.17) is 0 Å². The molecule has 2 heterocycles. The van der Waals surface area contributed by atoms with Crippen LogP contribution in [-0.2, 0) is 0 Å². The molecule has 2 aromatic heterocycles. The predicted octanol–water partition coefficient (Wildman–Crippen LogP) is 0.570. The monoisotopic (exact) mass is 191 g/mol. The van der Waals surface area contributed by atoms with Crippen LogP contribution in [-0.4, -0.2) is 24.7 Å². The molecule has 0 aliphatic heterocycles. The van der Waals surface area contributed by atoms with Gasteiger partial charge >= 0.3 is 5.82 Å². The standard InChI is InChI=1S/C7H5N5O2/c13-12(14)7-2-1-6(3-9-7)11-5-8-4-10-11/h1-5H. The minimum absolute atomic E-state index is 0.186. The van der Waals surface area contributed by atoms with Crippen molar-refractivity contribution in [3.05, 3.63) is 41.1 Å². The third-order valence-electron chi connectivity index (χ3n) is 1.60. The van der Waals surface area contributed by atoms with Gasteiger partial charge in [-0.2, -0.15) is 5.10 Å². The Balaban J connectivity index is 2.36. The van der Waals surface area contributed by atoms with Crippen molar-refractivity contribution in [3.8, 4) is 5.69 Å². The average Bonchev–Trinajstić information content (AvgIpc) is 2.71. The molecule has 0 fully saturated rings. The highest BCUT2D eigenvalue weighted by Gasteiger charge is 2.06. The number of nitro groups is 1. The van der Waals surface area contributed by atoms with Crippen LogP contribution in [0.15, 0.2) is 31.0 Å². The van der Waals surface area contributed by atoms with Gasteiger partial charge in [-0.1, -0.05) is 0 Å². The van der Waals surface area contributed by atoms with E-state index >= 15 is 0 Å². The maximum atomic E-state index is 10.3. The maximum absolute atomic E-state index is 10.3. The second kappa shape index (κ2) is 3.21. The Bertz CT molecular complexity index is 436. The first-order valence-electron chi connectivity index (χ1n) is 3.73.